The predicted octanol–water partition coefficient (Wildman–Crippen LogP) is 3.65. The van der Waals surface area contributed by atoms with Crippen LogP contribution in [0.4, 0.5) is 5.13 Å². The van der Waals surface area contributed by atoms with Gasteiger partial charge in [-0.15, -0.1) is 0 Å². The second kappa shape index (κ2) is 7.78. The van der Waals surface area contributed by atoms with Crippen LogP contribution in [0.25, 0.3) is 10.2 Å². The Kier molecular flexibility index (Phi) is 5.62. The molecule has 7 heteroatoms. The average molecular weight is 386 g/mol. The van der Waals surface area contributed by atoms with Gasteiger partial charge in [0.2, 0.25) is 0 Å². The summed E-state index contributed by atoms with van der Waals surface area (Å²) in [4.78, 5) is 22.1. The number of aromatic nitrogens is 3. The van der Waals surface area contributed by atoms with E-state index in [-0.39, 0.29) is 5.91 Å². The smallest absolute Gasteiger partial charge is 0.278 e. The lowest BCUT2D eigenvalue weighted by Gasteiger charge is -2.22. The van der Waals surface area contributed by atoms with Crippen LogP contribution in [0.15, 0.2) is 18.2 Å². The molecular weight excluding hydrogens is 358 g/mol. The van der Waals surface area contributed by atoms with Gasteiger partial charge in [-0.25, -0.2) is 4.98 Å². The van der Waals surface area contributed by atoms with Crippen molar-refractivity contribution in [2.45, 2.75) is 34.2 Å². The minimum atomic E-state index is -0.0484. The molecule has 0 aliphatic rings. The molecular formula is C20H27N5OS. The number of carbonyl (C=O) groups excluding carboxylic acids is 1. The lowest BCUT2D eigenvalue weighted by atomic mass is 10.1. The number of hydrogen-bond donors (Lipinski definition) is 0. The van der Waals surface area contributed by atoms with E-state index in [1.165, 1.54) is 5.56 Å². The lowest BCUT2D eigenvalue weighted by Crippen LogP contribution is -2.37. The van der Waals surface area contributed by atoms with Crippen molar-refractivity contribution in [1.82, 2.24) is 19.7 Å². The van der Waals surface area contributed by atoms with E-state index in [0.29, 0.717) is 18.8 Å². The highest BCUT2D eigenvalue weighted by Crippen LogP contribution is 2.32. The van der Waals surface area contributed by atoms with Gasteiger partial charge in [0.25, 0.3) is 5.91 Å². The predicted molar refractivity (Wildman–Crippen MR) is 112 cm³/mol. The Morgan fingerprint density at radius 3 is 2.56 bits per heavy atom. The zero-order chi connectivity index (χ0) is 19.7. The third-order valence-corrected chi connectivity index (χ3v) is 5.51. The van der Waals surface area contributed by atoms with Crippen LogP contribution >= 0.6 is 11.3 Å². The fourth-order valence-corrected chi connectivity index (χ4v) is 4.32. The lowest BCUT2D eigenvalue weighted by molar-refractivity contribution is 0.0975. The van der Waals surface area contributed by atoms with E-state index in [4.69, 9.17) is 4.98 Å². The van der Waals surface area contributed by atoms with Crippen LogP contribution in [-0.2, 0) is 6.54 Å². The van der Waals surface area contributed by atoms with Crippen molar-refractivity contribution in [2.75, 3.05) is 32.1 Å². The van der Waals surface area contributed by atoms with Crippen molar-refractivity contribution in [2.24, 2.45) is 0 Å². The first-order chi connectivity index (χ1) is 12.8. The first-order valence-corrected chi connectivity index (χ1v) is 10.0. The maximum Gasteiger partial charge on any atom is 0.278 e. The van der Waals surface area contributed by atoms with Crippen molar-refractivity contribution in [3.63, 3.8) is 0 Å². The number of carbonyl (C=O) groups is 1. The molecule has 0 unspecified atom stereocenters. The topological polar surface area (TPSA) is 54.3 Å². The highest BCUT2D eigenvalue weighted by atomic mass is 32.1. The first kappa shape index (κ1) is 19.5. The fraction of sp³-hybridized carbons (Fsp3) is 0.450. The SMILES string of the molecule is CCn1nc(C)cc1C(=O)N(CCN(C)C)c1nc2c(C)cc(C)cc2s1. The quantitative estimate of drug-likeness (QED) is 0.650. The summed E-state index contributed by atoms with van der Waals surface area (Å²) in [7, 11) is 4.02. The fourth-order valence-electron chi connectivity index (χ4n) is 3.16. The second-order valence-electron chi connectivity index (χ2n) is 7.17. The summed E-state index contributed by atoms with van der Waals surface area (Å²) in [5.74, 6) is -0.0484. The standard InChI is InChI=1S/C20H27N5OS/c1-7-25-16(12-15(4)22-25)19(26)24(9-8-23(5)6)20-21-18-14(3)10-13(2)11-17(18)27-20/h10-12H,7-9H2,1-6H3. The Bertz CT molecular complexity index is 972. The number of amides is 1. The molecule has 2 heterocycles. The molecule has 0 atom stereocenters. The van der Waals surface area contributed by atoms with E-state index in [1.54, 1.807) is 20.9 Å². The zero-order valence-electron chi connectivity index (χ0n) is 16.9. The molecule has 0 aliphatic carbocycles. The van der Waals surface area contributed by atoms with Crippen molar-refractivity contribution in [1.29, 1.82) is 0 Å². The molecule has 3 aromatic rings. The van der Waals surface area contributed by atoms with Gasteiger partial charge in [-0.3, -0.25) is 14.4 Å². The Hall–Kier alpha value is -2.25. The summed E-state index contributed by atoms with van der Waals surface area (Å²) >= 11 is 1.57. The van der Waals surface area contributed by atoms with Crippen LogP contribution in [0.2, 0.25) is 0 Å². The Balaban J connectivity index is 2.05. The van der Waals surface area contributed by atoms with Gasteiger partial charge in [0.1, 0.15) is 5.69 Å². The van der Waals surface area contributed by atoms with Crippen LogP contribution in [-0.4, -0.2) is 52.8 Å². The first-order valence-electron chi connectivity index (χ1n) is 9.19. The largest absolute Gasteiger partial charge is 0.308 e. The van der Waals surface area contributed by atoms with E-state index >= 15 is 0 Å². The molecule has 144 valence electrons. The summed E-state index contributed by atoms with van der Waals surface area (Å²) in [5.41, 5.74) is 4.79. The van der Waals surface area contributed by atoms with Crippen LogP contribution < -0.4 is 4.90 Å². The van der Waals surface area contributed by atoms with Gasteiger partial charge < -0.3 is 4.90 Å². The van der Waals surface area contributed by atoms with Gasteiger partial charge in [-0.1, -0.05) is 17.4 Å². The Morgan fingerprint density at radius 1 is 1.15 bits per heavy atom. The van der Waals surface area contributed by atoms with Gasteiger partial charge in [-0.05, 0) is 65.0 Å². The zero-order valence-corrected chi connectivity index (χ0v) is 17.7. The summed E-state index contributed by atoms with van der Waals surface area (Å²) in [6.07, 6.45) is 0. The molecule has 1 amide bonds. The third kappa shape index (κ3) is 4.04. The van der Waals surface area contributed by atoms with Crippen molar-refractivity contribution in [3.05, 3.63) is 40.7 Å². The molecule has 2 aromatic heterocycles. The minimum Gasteiger partial charge on any atom is -0.308 e. The number of nitrogens with zero attached hydrogens (tertiary/aromatic N) is 5. The molecule has 0 N–H and O–H groups in total. The van der Waals surface area contributed by atoms with Gasteiger partial charge in [0, 0.05) is 19.6 Å². The van der Waals surface area contributed by atoms with Crippen molar-refractivity contribution in [3.8, 4) is 0 Å². The maximum absolute atomic E-state index is 13.4. The number of anilines is 1. The monoisotopic (exact) mass is 385 g/mol. The third-order valence-electron chi connectivity index (χ3n) is 4.49. The number of likely N-dealkylation sites (N-methyl/N-ethyl adjacent to an activating group) is 1. The normalized spacial score (nSPS) is 11.5. The number of thiazole rings is 1. The number of rotatable bonds is 6. The van der Waals surface area contributed by atoms with Crippen LogP contribution in [0.1, 0.15) is 34.2 Å². The van der Waals surface area contributed by atoms with E-state index in [9.17, 15) is 4.79 Å². The highest BCUT2D eigenvalue weighted by molar-refractivity contribution is 7.22. The van der Waals surface area contributed by atoms with E-state index in [1.807, 2.05) is 34.0 Å². The molecule has 1 aromatic carbocycles. The molecule has 27 heavy (non-hydrogen) atoms. The molecule has 0 saturated carbocycles. The van der Waals surface area contributed by atoms with Gasteiger partial charge in [0.15, 0.2) is 5.13 Å². The average Bonchev–Trinajstić information content (AvgIpc) is 3.18. The number of fused-ring (bicyclic) bond motifs is 1. The van der Waals surface area contributed by atoms with Crippen LogP contribution in [0, 0.1) is 20.8 Å². The highest BCUT2D eigenvalue weighted by Gasteiger charge is 2.25. The summed E-state index contributed by atoms with van der Waals surface area (Å²) in [6.45, 7) is 10.1. The summed E-state index contributed by atoms with van der Waals surface area (Å²) < 4.78 is 2.88. The molecule has 6 nitrogen and oxygen atoms in total. The minimum absolute atomic E-state index is 0.0484. The summed E-state index contributed by atoms with van der Waals surface area (Å²) in [5, 5.41) is 5.17. The van der Waals surface area contributed by atoms with E-state index in [2.05, 4.69) is 36.0 Å². The molecule has 0 fully saturated rings. The van der Waals surface area contributed by atoms with E-state index in [0.717, 1.165) is 33.2 Å². The van der Waals surface area contributed by atoms with Crippen molar-refractivity contribution >= 4 is 32.6 Å². The molecule has 0 radical (unpaired) electrons. The van der Waals surface area contributed by atoms with Crippen LogP contribution in [0.5, 0.6) is 0 Å². The van der Waals surface area contributed by atoms with E-state index < -0.39 is 0 Å². The molecule has 0 saturated heterocycles. The Labute approximate surface area is 164 Å². The van der Waals surface area contributed by atoms with Crippen LogP contribution in [0.3, 0.4) is 0 Å². The number of hydrogen-bond acceptors (Lipinski definition) is 5. The van der Waals surface area contributed by atoms with Gasteiger partial charge in [-0.2, -0.15) is 5.10 Å². The molecule has 0 aliphatic heterocycles. The van der Waals surface area contributed by atoms with Crippen molar-refractivity contribution < 1.29 is 4.79 Å². The van der Waals surface area contributed by atoms with Gasteiger partial charge in [0.05, 0.1) is 15.9 Å². The van der Waals surface area contributed by atoms with Gasteiger partial charge >= 0.3 is 0 Å². The number of aryl methyl sites for hydroxylation is 4. The Morgan fingerprint density at radius 2 is 1.89 bits per heavy atom. The summed E-state index contributed by atoms with van der Waals surface area (Å²) in [6, 6.07) is 6.13. The molecule has 3 rings (SSSR count). The molecule has 0 bridgehead atoms. The number of benzene rings is 1. The molecule has 0 spiro atoms. The second-order valence-corrected chi connectivity index (χ2v) is 8.18. The maximum atomic E-state index is 13.4.